The van der Waals surface area contributed by atoms with Crippen molar-refractivity contribution >= 4 is 16.9 Å². The average Bonchev–Trinajstić information content (AvgIpc) is 2.94. The van der Waals surface area contributed by atoms with Crippen LogP contribution < -0.4 is 5.32 Å². The molecule has 0 radical (unpaired) electrons. The predicted molar refractivity (Wildman–Crippen MR) is 98.1 cm³/mol. The Labute approximate surface area is 149 Å². The molecule has 2 heterocycles. The first-order valence-electron chi connectivity index (χ1n) is 9.05. The molecule has 0 aliphatic carbocycles. The minimum Gasteiger partial charge on any atom is -0.373 e. The zero-order chi connectivity index (χ0) is 18.0. The van der Waals surface area contributed by atoms with Gasteiger partial charge in [0.1, 0.15) is 5.82 Å². The summed E-state index contributed by atoms with van der Waals surface area (Å²) in [4.78, 5) is 22.9. The monoisotopic (exact) mass is 344 g/mol. The summed E-state index contributed by atoms with van der Waals surface area (Å²) in [5.74, 6) is 1.06. The van der Waals surface area contributed by atoms with Crippen molar-refractivity contribution in [1.82, 2.24) is 20.2 Å². The number of hydrogen-bond acceptors (Lipinski definition) is 4. The molecule has 2 N–H and O–H groups in total. The molecule has 1 aromatic carbocycles. The molecule has 6 nitrogen and oxygen atoms in total. The van der Waals surface area contributed by atoms with E-state index in [1.54, 1.807) is 0 Å². The van der Waals surface area contributed by atoms with Crippen LogP contribution in [0.2, 0.25) is 0 Å². The van der Waals surface area contributed by atoms with Gasteiger partial charge in [-0.25, -0.2) is 4.98 Å². The zero-order valence-electron chi connectivity index (χ0n) is 15.5. The summed E-state index contributed by atoms with van der Waals surface area (Å²) < 4.78 is 5.80. The van der Waals surface area contributed by atoms with Crippen molar-refractivity contribution in [2.75, 3.05) is 13.1 Å². The number of ether oxygens (including phenoxy) is 1. The lowest BCUT2D eigenvalue weighted by molar-refractivity contribution is -0.135. The number of morpholine rings is 1. The quantitative estimate of drug-likeness (QED) is 0.873. The molecule has 0 saturated carbocycles. The topological polar surface area (TPSA) is 70.2 Å². The van der Waals surface area contributed by atoms with Gasteiger partial charge in [0.2, 0.25) is 5.91 Å². The summed E-state index contributed by atoms with van der Waals surface area (Å²) in [7, 11) is 0. The summed E-state index contributed by atoms with van der Waals surface area (Å²) in [5.41, 5.74) is 1.91. The smallest absolute Gasteiger partial charge is 0.238 e. The SMILES string of the molecule is CC(C)[C@@H](C(=O)NCc1nc2ccccc2[nH]1)N1C[C@@H](C)O[C@H](C)C1. The van der Waals surface area contributed by atoms with E-state index in [4.69, 9.17) is 4.74 Å². The third-order valence-corrected chi connectivity index (χ3v) is 4.61. The molecule has 3 rings (SSSR count). The van der Waals surface area contributed by atoms with E-state index < -0.39 is 0 Å². The van der Waals surface area contributed by atoms with E-state index in [9.17, 15) is 4.79 Å². The lowest BCUT2D eigenvalue weighted by Crippen LogP contribution is -2.56. The van der Waals surface area contributed by atoms with Crippen LogP contribution in [0.1, 0.15) is 33.5 Å². The molecule has 136 valence electrons. The van der Waals surface area contributed by atoms with Crippen molar-refractivity contribution in [3.05, 3.63) is 30.1 Å². The molecule has 1 aliphatic heterocycles. The van der Waals surface area contributed by atoms with E-state index in [0.717, 1.165) is 29.9 Å². The molecule has 25 heavy (non-hydrogen) atoms. The fourth-order valence-corrected chi connectivity index (χ4v) is 3.70. The number of hydrogen-bond donors (Lipinski definition) is 2. The molecule has 1 fully saturated rings. The number of nitrogens with one attached hydrogen (secondary N) is 2. The Bertz CT molecular complexity index is 684. The van der Waals surface area contributed by atoms with Crippen LogP contribution in [0.4, 0.5) is 0 Å². The summed E-state index contributed by atoms with van der Waals surface area (Å²) >= 11 is 0. The van der Waals surface area contributed by atoms with E-state index in [2.05, 4.69) is 47.9 Å². The molecular formula is C19H28N4O2. The second-order valence-electron chi connectivity index (χ2n) is 7.32. The van der Waals surface area contributed by atoms with Crippen LogP contribution >= 0.6 is 0 Å². The van der Waals surface area contributed by atoms with Crippen LogP contribution in [-0.2, 0) is 16.1 Å². The molecule has 0 bridgehead atoms. The van der Waals surface area contributed by atoms with E-state index in [0.29, 0.717) is 6.54 Å². The Balaban J connectivity index is 1.66. The summed E-state index contributed by atoms with van der Waals surface area (Å²) in [6.45, 7) is 10.3. The molecule has 1 aliphatic rings. The first-order chi connectivity index (χ1) is 11.9. The number of carbonyl (C=O) groups is 1. The number of amides is 1. The number of para-hydroxylation sites is 2. The second-order valence-corrected chi connectivity index (χ2v) is 7.32. The van der Waals surface area contributed by atoms with Crippen molar-refractivity contribution in [2.45, 2.75) is 52.5 Å². The highest BCUT2D eigenvalue weighted by molar-refractivity contribution is 5.82. The van der Waals surface area contributed by atoms with Crippen LogP contribution in [0, 0.1) is 5.92 Å². The fourth-order valence-electron chi connectivity index (χ4n) is 3.70. The standard InChI is InChI=1S/C19H28N4O2/c1-12(2)18(23-10-13(3)25-14(4)11-23)19(24)20-9-17-21-15-7-5-6-8-16(15)22-17/h5-8,12-14,18H,9-11H2,1-4H3,(H,20,24)(H,21,22)/t13-,14-,18+/m1/s1. The van der Waals surface area contributed by atoms with Gasteiger partial charge >= 0.3 is 0 Å². The highest BCUT2D eigenvalue weighted by atomic mass is 16.5. The van der Waals surface area contributed by atoms with Crippen molar-refractivity contribution < 1.29 is 9.53 Å². The number of carbonyl (C=O) groups excluding carboxylic acids is 1. The molecule has 6 heteroatoms. The van der Waals surface area contributed by atoms with Crippen molar-refractivity contribution in [1.29, 1.82) is 0 Å². The van der Waals surface area contributed by atoms with Crippen molar-refractivity contribution in [3.63, 3.8) is 0 Å². The Morgan fingerprint density at radius 1 is 1.32 bits per heavy atom. The minimum absolute atomic E-state index is 0.0526. The maximum atomic E-state index is 12.9. The lowest BCUT2D eigenvalue weighted by atomic mass is 9.99. The highest BCUT2D eigenvalue weighted by Gasteiger charge is 2.34. The van der Waals surface area contributed by atoms with Gasteiger partial charge in [-0.05, 0) is 31.9 Å². The first kappa shape index (κ1) is 17.9. The number of imidazole rings is 1. The van der Waals surface area contributed by atoms with Crippen molar-refractivity contribution in [3.8, 4) is 0 Å². The van der Waals surface area contributed by atoms with Gasteiger partial charge in [-0.2, -0.15) is 0 Å². The Kier molecular flexibility index (Phi) is 5.39. The van der Waals surface area contributed by atoms with E-state index in [-0.39, 0.29) is 30.1 Å². The van der Waals surface area contributed by atoms with Gasteiger partial charge in [0, 0.05) is 13.1 Å². The number of fused-ring (bicyclic) bond motifs is 1. The number of rotatable bonds is 5. The summed E-state index contributed by atoms with van der Waals surface area (Å²) in [6, 6.07) is 7.73. The maximum absolute atomic E-state index is 12.9. The molecular weight excluding hydrogens is 316 g/mol. The predicted octanol–water partition coefficient (Wildman–Crippen LogP) is 2.31. The fraction of sp³-hybridized carbons (Fsp3) is 0.579. The number of H-pyrrole nitrogens is 1. The Hall–Kier alpha value is -1.92. The largest absolute Gasteiger partial charge is 0.373 e. The van der Waals surface area contributed by atoms with E-state index in [1.807, 2.05) is 24.3 Å². The third-order valence-electron chi connectivity index (χ3n) is 4.61. The number of aromatic nitrogens is 2. The number of aromatic amines is 1. The number of nitrogens with zero attached hydrogens (tertiary/aromatic N) is 2. The van der Waals surface area contributed by atoms with Gasteiger partial charge < -0.3 is 15.0 Å². The maximum Gasteiger partial charge on any atom is 0.238 e. The minimum atomic E-state index is -0.154. The Morgan fingerprint density at radius 3 is 2.64 bits per heavy atom. The first-order valence-corrected chi connectivity index (χ1v) is 9.05. The van der Waals surface area contributed by atoms with E-state index >= 15 is 0 Å². The molecule has 1 saturated heterocycles. The van der Waals surface area contributed by atoms with Gasteiger partial charge in [0.05, 0.1) is 35.8 Å². The molecule has 3 atom stereocenters. The summed E-state index contributed by atoms with van der Waals surface area (Å²) in [5, 5.41) is 3.05. The van der Waals surface area contributed by atoms with Gasteiger partial charge in [-0.15, -0.1) is 0 Å². The normalized spacial score (nSPS) is 23.1. The van der Waals surface area contributed by atoms with Crippen LogP contribution in [-0.4, -0.2) is 52.1 Å². The molecule has 1 aromatic heterocycles. The lowest BCUT2D eigenvalue weighted by Gasteiger charge is -2.40. The average molecular weight is 344 g/mol. The van der Waals surface area contributed by atoms with Gasteiger partial charge in [-0.1, -0.05) is 26.0 Å². The van der Waals surface area contributed by atoms with Crippen LogP contribution in [0.15, 0.2) is 24.3 Å². The summed E-state index contributed by atoms with van der Waals surface area (Å²) in [6.07, 6.45) is 0.293. The Morgan fingerprint density at radius 2 is 2.00 bits per heavy atom. The highest BCUT2D eigenvalue weighted by Crippen LogP contribution is 2.19. The van der Waals surface area contributed by atoms with Gasteiger partial charge in [-0.3, -0.25) is 9.69 Å². The van der Waals surface area contributed by atoms with Gasteiger partial charge in [0.25, 0.3) is 0 Å². The second kappa shape index (κ2) is 7.54. The third kappa shape index (κ3) is 4.19. The van der Waals surface area contributed by atoms with E-state index in [1.165, 1.54) is 0 Å². The molecule has 0 spiro atoms. The van der Waals surface area contributed by atoms with Crippen molar-refractivity contribution in [2.24, 2.45) is 5.92 Å². The van der Waals surface area contributed by atoms with Crippen LogP contribution in [0.25, 0.3) is 11.0 Å². The van der Waals surface area contributed by atoms with Gasteiger partial charge in [0.15, 0.2) is 0 Å². The molecule has 1 amide bonds. The number of benzene rings is 1. The molecule has 2 aromatic rings. The van der Waals surface area contributed by atoms with Crippen LogP contribution in [0.5, 0.6) is 0 Å². The zero-order valence-corrected chi connectivity index (χ0v) is 15.5. The molecule has 0 unspecified atom stereocenters. The van der Waals surface area contributed by atoms with Crippen LogP contribution in [0.3, 0.4) is 0 Å².